The molecule has 0 saturated heterocycles. The summed E-state index contributed by atoms with van der Waals surface area (Å²) >= 11 is 0. The molecule has 0 spiro atoms. The Bertz CT molecular complexity index is 288. The minimum atomic E-state index is 0. The van der Waals surface area contributed by atoms with E-state index < -0.39 is 0 Å². The lowest BCUT2D eigenvalue weighted by Gasteiger charge is -2.18. The van der Waals surface area contributed by atoms with Gasteiger partial charge in [-0.1, -0.05) is 56.7 Å². The van der Waals surface area contributed by atoms with E-state index in [1.165, 1.54) is 11.1 Å². The molecule has 2 heteroatoms. The van der Waals surface area contributed by atoms with Gasteiger partial charge in [-0.05, 0) is 24.8 Å². The van der Waals surface area contributed by atoms with E-state index in [1.54, 1.807) is 13.0 Å². The molecule has 0 bridgehead atoms. The lowest BCUT2D eigenvalue weighted by Crippen LogP contribution is -2.10. The van der Waals surface area contributed by atoms with Crippen molar-refractivity contribution in [3.05, 3.63) is 47.7 Å². The molecule has 1 aromatic rings. The lowest BCUT2D eigenvalue weighted by molar-refractivity contribution is 0.472. The molecule has 2 nitrogen and oxygen atoms in total. The second-order valence-corrected chi connectivity index (χ2v) is 4.60. The van der Waals surface area contributed by atoms with Crippen molar-refractivity contribution in [1.82, 2.24) is 0 Å². The van der Waals surface area contributed by atoms with E-state index in [4.69, 9.17) is 5.11 Å². The molecule has 92 valence electrons. The van der Waals surface area contributed by atoms with Crippen LogP contribution in [0, 0.1) is 6.92 Å². The van der Waals surface area contributed by atoms with Gasteiger partial charge in [-0.15, -0.1) is 0 Å². The fourth-order valence-electron chi connectivity index (χ4n) is 1.05. The van der Waals surface area contributed by atoms with Crippen LogP contribution in [0.5, 0.6) is 0 Å². The highest BCUT2D eigenvalue weighted by atomic mass is 16.2. The maximum absolute atomic E-state index is 7.69. The van der Waals surface area contributed by atoms with Gasteiger partial charge in [0.25, 0.3) is 0 Å². The summed E-state index contributed by atoms with van der Waals surface area (Å²) in [4.78, 5) is 0. The third-order valence-electron chi connectivity index (χ3n) is 2.07. The number of hydrogen-bond donors (Lipinski definition) is 1. The summed E-state index contributed by atoms with van der Waals surface area (Å²) in [5.41, 5.74) is 3.02. The van der Waals surface area contributed by atoms with Gasteiger partial charge in [-0.3, -0.25) is 0 Å². The van der Waals surface area contributed by atoms with Crippen LogP contribution in [0.15, 0.2) is 36.6 Å². The predicted octanol–water partition coefficient (Wildman–Crippen LogP) is 3.55. The SMILES string of the molecule is C/C=C/O.Cc1ccc(C(C)(C)C)cc1.O. The summed E-state index contributed by atoms with van der Waals surface area (Å²) in [5, 5.41) is 7.69. The molecule has 0 aromatic heterocycles. The molecule has 0 aliphatic carbocycles. The third kappa shape index (κ3) is 7.07. The molecule has 0 aliphatic rings. The average Bonchev–Trinajstić information content (AvgIpc) is 2.17. The van der Waals surface area contributed by atoms with E-state index in [0.29, 0.717) is 0 Å². The van der Waals surface area contributed by atoms with E-state index in [1.807, 2.05) is 0 Å². The van der Waals surface area contributed by atoms with E-state index >= 15 is 0 Å². The van der Waals surface area contributed by atoms with Crippen molar-refractivity contribution in [2.75, 3.05) is 0 Å². The predicted molar refractivity (Wildman–Crippen MR) is 70.9 cm³/mol. The molecule has 0 amide bonds. The van der Waals surface area contributed by atoms with Crippen molar-refractivity contribution in [3.8, 4) is 0 Å². The molecule has 16 heavy (non-hydrogen) atoms. The Kier molecular flexibility index (Phi) is 8.50. The summed E-state index contributed by atoms with van der Waals surface area (Å²) in [6.07, 6.45) is 2.56. The number of aliphatic hydroxyl groups excluding tert-OH is 1. The summed E-state index contributed by atoms with van der Waals surface area (Å²) in [6, 6.07) is 8.74. The van der Waals surface area contributed by atoms with Crippen LogP contribution in [-0.2, 0) is 5.41 Å². The second-order valence-electron chi connectivity index (χ2n) is 4.60. The van der Waals surface area contributed by atoms with Crippen LogP contribution in [0.25, 0.3) is 0 Å². The number of aryl methyl sites for hydroxylation is 1. The molecule has 0 saturated carbocycles. The number of aliphatic hydroxyl groups is 1. The first kappa shape index (κ1) is 17.1. The first-order chi connectivity index (χ1) is 6.91. The third-order valence-corrected chi connectivity index (χ3v) is 2.07. The first-order valence-corrected chi connectivity index (χ1v) is 5.24. The minimum absolute atomic E-state index is 0. The Balaban J connectivity index is 0. The van der Waals surface area contributed by atoms with E-state index in [-0.39, 0.29) is 10.9 Å². The maximum atomic E-state index is 7.69. The maximum Gasteiger partial charge on any atom is 0.0748 e. The van der Waals surface area contributed by atoms with Gasteiger partial charge in [0.1, 0.15) is 0 Å². The summed E-state index contributed by atoms with van der Waals surface area (Å²) in [7, 11) is 0. The summed E-state index contributed by atoms with van der Waals surface area (Å²) < 4.78 is 0. The standard InChI is InChI=1S/C11H16.C3H6O.H2O/c1-9-5-7-10(8-6-9)11(2,3)4;1-2-3-4;/h5-8H,1-4H3;2-4H,1H3;1H2/b;3-2+;. The van der Waals surface area contributed by atoms with Gasteiger partial charge >= 0.3 is 0 Å². The van der Waals surface area contributed by atoms with Crippen LogP contribution >= 0.6 is 0 Å². The fraction of sp³-hybridized carbons (Fsp3) is 0.429. The number of hydrogen-bond acceptors (Lipinski definition) is 1. The smallest absolute Gasteiger partial charge is 0.0748 e. The number of rotatable bonds is 0. The zero-order valence-corrected chi connectivity index (χ0v) is 10.9. The molecular weight excluding hydrogens is 200 g/mol. The first-order valence-electron chi connectivity index (χ1n) is 5.24. The molecule has 0 unspecified atom stereocenters. The monoisotopic (exact) mass is 224 g/mol. The van der Waals surface area contributed by atoms with Crippen molar-refractivity contribution < 1.29 is 10.6 Å². The molecule has 3 N–H and O–H groups in total. The van der Waals surface area contributed by atoms with Crippen molar-refractivity contribution in [3.63, 3.8) is 0 Å². The molecule has 0 fully saturated rings. The molecule has 1 rings (SSSR count). The molecule has 0 radical (unpaired) electrons. The lowest BCUT2D eigenvalue weighted by atomic mass is 9.87. The van der Waals surface area contributed by atoms with Crippen LogP contribution in [0.4, 0.5) is 0 Å². The van der Waals surface area contributed by atoms with Crippen LogP contribution in [0.2, 0.25) is 0 Å². The summed E-state index contributed by atoms with van der Waals surface area (Å²) in [6.45, 7) is 10.6. The van der Waals surface area contributed by atoms with Gasteiger partial charge in [0.2, 0.25) is 0 Å². The molecule has 0 atom stereocenters. The summed E-state index contributed by atoms with van der Waals surface area (Å²) in [5.74, 6) is 0. The van der Waals surface area contributed by atoms with E-state index in [0.717, 1.165) is 6.26 Å². The van der Waals surface area contributed by atoms with E-state index in [9.17, 15) is 0 Å². The Labute approximate surface area is 98.9 Å². The topological polar surface area (TPSA) is 51.7 Å². The molecule has 0 aliphatic heterocycles. The zero-order valence-electron chi connectivity index (χ0n) is 10.9. The number of allylic oxidation sites excluding steroid dienone is 1. The Morgan fingerprint density at radius 2 is 1.44 bits per heavy atom. The highest BCUT2D eigenvalue weighted by Gasteiger charge is 2.11. The molecule has 0 heterocycles. The second kappa shape index (κ2) is 7.94. The van der Waals surface area contributed by atoms with Crippen LogP contribution in [-0.4, -0.2) is 10.6 Å². The highest BCUT2D eigenvalue weighted by molar-refractivity contribution is 5.26. The Hall–Kier alpha value is -1.28. The largest absolute Gasteiger partial charge is 0.516 e. The number of benzene rings is 1. The van der Waals surface area contributed by atoms with Gasteiger partial charge < -0.3 is 10.6 Å². The van der Waals surface area contributed by atoms with Gasteiger partial charge in [0.05, 0.1) is 6.26 Å². The van der Waals surface area contributed by atoms with Gasteiger partial charge in [-0.25, -0.2) is 0 Å². The minimum Gasteiger partial charge on any atom is -0.516 e. The molecular formula is C14H24O2. The van der Waals surface area contributed by atoms with Crippen molar-refractivity contribution in [2.24, 2.45) is 0 Å². The average molecular weight is 224 g/mol. The van der Waals surface area contributed by atoms with E-state index in [2.05, 4.69) is 52.0 Å². The van der Waals surface area contributed by atoms with Crippen LogP contribution < -0.4 is 0 Å². The van der Waals surface area contributed by atoms with Gasteiger partial charge in [0, 0.05) is 0 Å². The highest BCUT2D eigenvalue weighted by Crippen LogP contribution is 2.21. The molecule has 1 aromatic carbocycles. The van der Waals surface area contributed by atoms with Gasteiger partial charge in [-0.2, -0.15) is 0 Å². The van der Waals surface area contributed by atoms with Crippen molar-refractivity contribution in [1.29, 1.82) is 0 Å². The quantitative estimate of drug-likeness (QED) is 0.673. The zero-order chi connectivity index (χ0) is 11.9. The van der Waals surface area contributed by atoms with Crippen LogP contribution in [0.1, 0.15) is 38.8 Å². The van der Waals surface area contributed by atoms with Crippen molar-refractivity contribution >= 4 is 0 Å². The normalized spacial score (nSPS) is 10.3. The Morgan fingerprint density at radius 1 is 1.06 bits per heavy atom. The van der Waals surface area contributed by atoms with Crippen LogP contribution in [0.3, 0.4) is 0 Å². The Morgan fingerprint density at radius 3 is 1.69 bits per heavy atom. The van der Waals surface area contributed by atoms with Gasteiger partial charge in [0.15, 0.2) is 0 Å². The fourth-order valence-corrected chi connectivity index (χ4v) is 1.05. The van der Waals surface area contributed by atoms with Crippen molar-refractivity contribution in [2.45, 2.75) is 40.0 Å².